The molecule has 3 rings (SSSR count). The molecule has 0 aliphatic carbocycles. The number of fused-ring (bicyclic) bond motifs is 1. The quantitative estimate of drug-likeness (QED) is 0.282. The number of aryl methyl sites for hydroxylation is 4. The van der Waals surface area contributed by atoms with E-state index in [0.29, 0.717) is 6.61 Å². The molecular formula is C29H41N3O2. The summed E-state index contributed by atoms with van der Waals surface area (Å²) in [4.78, 5) is 17.0. The zero-order chi connectivity index (χ0) is 24.3. The van der Waals surface area contributed by atoms with Gasteiger partial charge in [0, 0.05) is 25.4 Å². The molecule has 0 bridgehead atoms. The molecule has 184 valence electrons. The second-order valence-corrected chi connectivity index (χ2v) is 9.21. The van der Waals surface area contributed by atoms with Gasteiger partial charge < -0.3 is 14.6 Å². The minimum Gasteiger partial charge on any atom is -0.493 e. The maximum atomic E-state index is 12.1. The van der Waals surface area contributed by atoms with E-state index in [1.807, 2.05) is 0 Å². The van der Waals surface area contributed by atoms with Gasteiger partial charge >= 0.3 is 0 Å². The third kappa shape index (κ3) is 6.85. The molecule has 1 aromatic heterocycles. The molecule has 1 amide bonds. The Balaban J connectivity index is 1.50. The Labute approximate surface area is 204 Å². The summed E-state index contributed by atoms with van der Waals surface area (Å²) < 4.78 is 8.49. The molecule has 0 fully saturated rings. The number of nitrogens with one attached hydrogen (secondary N) is 1. The number of benzene rings is 2. The second-order valence-electron chi connectivity index (χ2n) is 9.21. The lowest BCUT2D eigenvalue weighted by Gasteiger charge is -2.14. The van der Waals surface area contributed by atoms with Crippen LogP contribution in [-0.2, 0) is 17.8 Å². The summed E-state index contributed by atoms with van der Waals surface area (Å²) in [6.07, 6.45) is 6.87. The van der Waals surface area contributed by atoms with Crippen LogP contribution in [0.2, 0.25) is 0 Å². The van der Waals surface area contributed by atoms with Crippen molar-refractivity contribution in [3.8, 4) is 5.75 Å². The summed E-state index contributed by atoms with van der Waals surface area (Å²) in [6.45, 7) is 10.7. The van der Waals surface area contributed by atoms with E-state index in [4.69, 9.17) is 9.72 Å². The minimum atomic E-state index is 0.151. The van der Waals surface area contributed by atoms with E-state index in [1.54, 1.807) is 0 Å². The number of nitrogens with zero attached hydrogens (tertiary/aromatic N) is 2. The molecule has 0 saturated carbocycles. The van der Waals surface area contributed by atoms with Gasteiger partial charge in [-0.05, 0) is 69.2 Å². The molecule has 0 atom stereocenters. The van der Waals surface area contributed by atoms with Gasteiger partial charge in [0.1, 0.15) is 11.6 Å². The molecule has 5 heteroatoms. The van der Waals surface area contributed by atoms with Crippen molar-refractivity contribution in [2.45, 2.75) is 79.2 Å². The Morgan fingerprint density at radius 3 is 2.44 bits per heavy atom. The lowest BCUT2D eigenvalue weighted by Crippen LogP contribution is -2.30. The number of imidazole rings is 1. The summed E-state index contributed by atoms with van der Waals surface area (Å²) in [7, 11) is 0. The first-order chi connectivity index (χ1) is 16.5. The monoisotopic (exact) mass is 463 g/mol. The van der Waals surface area contributed by atoms with Crippen LogP contribution in [-0.4, -0.2) is 28.6 Å². The van der Waals surface area contributed by atoms with Gasteiger partial charge in [0.2, 0.25) is 5.91 Å². The van der Waals surface area contributed by atoms with E-state index < -0.39 is 0 Å². The van der Waals surface area contributed by atoms with Crippen molar-refractivity contribution in [3.63, 3.8) is 0 Å². The number of carbonyl (C=O) groups excluding carboxylic acids is 1. The van der Waals surface area contributed by atoms with Crippen LogP contribution < -0.4 is 10.1 Å². The zero-order valence-corrected chi connectivity index (χ0v) is 21.4. The molecule has 34 heavy (non-hydrogen) atoms. The number of para-hydroxylation sites is 3. The number of carbonyl (C=O) groups is 1. The van der Waals surface area contributed by atoms with Crippen molar-refractivity contribution in [2.75, 3.05) is 13.2 Å². The predicted molar refractivity (Wildman–Crippen MR) is 140 cm³/mol. The second kappa shape index (κ2) is 13.2. The largest absolute Gasteiger partial charge is 0.493 e. The van der Waals surface area contributed by atoms with Crippen molar-refractivity contribution >= 4 is 16.9 Å². The highest BCUT2D eigenvalue weighted by atomic mass is 16.5. The highest BCUT2D eigenvalue weighted by molar-refractivity contribution is 5.78. The van der Waals surface area contributed by atoms with Crippen LogP contribution in [0.3, 0.4) is 0 Å². The van der Waals surface area contributed by atoms with Gasteiger partial charge in [0.25, 0.3) is 0 Å². The van der Waals surface area contributed by atoms with Gasteiger partial charge in [-0.15, -0.1) is 0 Å². The normalized spacial score (nSPS) is 11.3. The van der Waals surface area contributed by atoms with Crippen LogP contribution in [0.15, 0.2) is 42.5 Å². The Morgan fingerprint density at radius 2 is 1.71 bits per heavy atom. The van der Waals surface area contributed by atoms with Crippen LogP contribution in [0, 0.1) is 19.8 Å². The van der Waals surface area contributed by atoms with E-state index in [2.05, 4.69) is 80.0 Å². The molecule has 0 saturated heterocycles. The number of aromatic nitrogens is 2. The van der Waals surface area contributed by atoms with Gasteiger partial charge in [-0.3, -0.25) is 4.79 Å². The fourth-order valence-corrected chi connectivity index (χ4v) is 4.59. The highest BCUT2D eigenvalue weighted by Gasteiger charge is 2.13. The van der Waals surface area contributed by atoms with Crippen molar-refractivity contribution < 1.29 is 9.53 Å². The Morgan fingerprint density at radius 1 is 0.971 bits per heavy atom. The SMILES string of the molecule is CCC(CC)C(=O)NCCCCCc1nc2ccccc2n1CCCOc1c(C)cccc1C. The maximum absolute atomic E-state index is 12.1. The van der Waals surface area contributed by atoms with Crippen molar-refractivity contribution in [2.24, 2.45) is 5.92 Å². The van der Waals surface area contributed by atoms with Crippen LogP contribution >= 0.6 is 0 Å². The summed E-state index contributed by atoms with van der Waals surface area (Å²) in [5, 5.41) is 3.10. The fraction of sp³-hybridized carbons (Fsp3) is 0.517. The number of amides is 1. The van der Waals surface area contributed by atoms with Crippen molar-refractivity contribution in [3.05, 3.63) is 59.4 Å². The average Bonchev–Trinajstić information content (AvgIpc) is 3.18. The molecular weight excluding hydrogens is 422 g/mol. The third-order valence-electron chi connectivity index (χ3n) is 6.65. The van der Waals surface area contributed by atoms with Crippen molar-refractivity contribution in [1.82, 2.24) is 14.9 Å². The maximum Gasteiger partial charge on any atom is 0.223 e. The lowest BCUT2D eigenvalue weighted by atomic mass is 10.0. The number of hydrogen-bond donors (Lipinski definition) is 1. The number of rotatable bonds is 14. The fourth-order valence-electron chi connectivity index (χ4n) is 4.59. The van der Waals surface area contributed by atoms with E-state index in [9.17, 15) is 4.79 Å². The van der Waals surface area contributed by atoms with E-state index >= 15 is 0 Å². The van der Waals surface area contributed by atoms with E-state index in [-0.39, 0.29) is 11.8 Å². The summed E-state index contributed by atoms with van der Waals surface area (Å²) in [6, 6.07) is 14.7. The van der Waals surface area contributed by atoms with Crippen LogP contribution in [0.1, 0.15) is 69.3 Å². The summed E-state index contributed by atoms with van der Waals surface area (Å²) in [5.41, 5.74) is 4.63. The molecule has 1 heterocycles. The predicted octanol–water partition coefficient (Wildman–Crippen LogP) is 6.39. The minimum absolute atomic E-state index is 0.151. The molecule has 0 aliphatic rings. The first-order valence-corrected chi connectivity index (χ1v) is 13.0. The van der Waals surface area contributed by atoms with E-state index in [1.165, 1.54) is 16.6 Å². The van der Waals surface area contributed by atoms with Gasteiger partial charge in [-0.2, -0.15) is 0 Å². The zero-order valence-electron chi connectivity index (χ0n) is 21.4. The summed E-state index contributed by atoms with van der Waals surface area (Å²) in [5.74, 6) is 2.51. The molecule has 0 radical (unpaired) electrons. The number of hydrogen-bond acceptors (Lipinski definition) is 3. The molecule has 2 aromatic carbocycles. The van der Waals surface area contributed by atoms with Gasteiger partial charge in [0.15, 0.2) is 0 Å². The lowest BCUT2D eigenvalue weighted by molar-refractivity contribution is -0.125. The molecule has 5 nitrogen and oxygen atoms in total. The number of ether oxygens (including phenoxy) is 1. The standard InChI is InChI=1S/C29H41N3O2/c1-5-24(6-2)29(33)30-19-11-7-8-18-27-31-25-16-9-10-17-26(25)32(27)20-13-21-34-28-22(3)14-12-15-23(28)4/h9-10,12,14-17,24H,5-8,11,13,18-21H2,1-4H3,(H,30,33). The van der Waals surface area contributed by atoms with Gasteiger partial charge in [0.05, 0.1) is 17.6 Å². The van der Waals surface area contributed by atoms with Crippen molar-refractivity contribution in [1.29, 1.82) is 0 Å². The Kier molecular flexibility index (Phi) is 9.99. The highest BCUT2D eigenvalue weighted by Crippen LogP contribution is 2.23. The van der Waals surface area contributed by atoms with Crippen LogP contribution in [0.5, 0.6) is 5.75 Å². The van der Waals surface area contributed by atoms with Gasteiger partial charge in [-0.1, -0.05) is 50.6 Å². The van der Waals surface area contributed by atoms with Crippen LogP contribution in [0.4, 0.5) is 0 Å². The van der Waals surface area contributed by atoms with Gasteiger partial charge in [-0.25, -0.2) is 4.98 Å². The molecule has 3 aromatic rings. The molecule has 0 spiro atoms. The number of unbranched alkanes of at least 4 members (excludes halogenated alkanes) is 2. The third-order valence-corrected chi connectivity index (χ3v) is 6.65. The Bertz CT molecular complexity index is 1030. The molecule has 1 N–H and O–H groups in total. The average molecular weight is 464 g/mol. The Hall–Kier alpha value is -2.82. The van der Waals surface area contributed by atoms with E-state index in [0.717, 1.165) is 75.1 Å². The molecule has 0 aliphatic heterocycles. The van der Waals surface area contributed by atoms with Crippen LogP contribution in [0.25, 0.3) is 11.0 Å². The smallest absolute Gasteiger partial charge is 0.223 e. The topological polar surface area (TPSA) is 56.2 Å². The summed E-state index contributed by atoms with van der Waals surface area (Å²) >= 11 is 0. The first kappa shape index (κ1) is 25.8. The molecule has 0 unspecified atom stereocenters. The first-order valence-electron chi connectivity index (χ1n) is 13.0.